The summed E-state index contributed by atoms with van der Waals surface area (Å²) in [4.78, 5) is 19.8. The van der Waals surface area contributed by atoms with Crippen LogP contribution in [0.1, 0.15) is 12.0 Å². The smallest absolute Gasteiger partial charge is 0.225 e. The molecule has 20 heavy (non-hydrogen) atoms. The minimum atomic E-state index is -0.0638. The Hall–Kier alpha value is -2.39. The molecule has 0 saturated carbocycles. The van der Waals surface area contributed by atoms with E-state index in [1.165, 1.54) is 11.8 Å². The maximum absolute atomic E-state index is 11.7. The number of anilines is 1. The van der Waals surface area contributed by atoms with Crippen LogP contribution in [0.2, 0.25) is 0 Å². The van der Waals surface area contributed by atoms with Crippen LogP contribution < -0.4 is 5.32 Å². The molecule has 0 atom stereocenters. The van der Waals surface area contributed by atoms with Gasteiger partial charge in [-0.3, -0.25) is 9.78 Å². The highest BCUT2D eigenvalue weighted by Crippen LogP contribution is 2.15. The molecule has 1 heterocycles. The first-order valence-electron chi connectivity index (χ1n) is 5.97. The molecule has 0 fully saturated rings. The van der Waals surface area contributed by atoms with Crippen molar-refractivity contribution in [3.05, 3.63) is 48.4 Å². The van der Waals surface area contributed by atoms with Crippen LogP contribution in [0.15, 0.2) is 47.9 Å². The van der Waals surface area contributed by atoms with Crippen molar-refractivity contribution in [1.82, 2.24) is 9.97 Å². The zero-order chi connectivity index (χ0) is 14.2. The predicted octanol–water partition coefficient (Wildman–Crippen LogP) is 2.47. The first-order chi connectivity index (χ1) is 9.78. The van der Waals surface area contributed by atoms with E-state index in [0.29, 0.717) is 23.4 Å². The van der Waals surface area contributed by atoms with Gasteiger partial charge in [0.15, 0.2) is 0 Å². The van der Waals surface area contributed by atoms with Gasteiger partial charge in [-0.25, -0.2) is 4.98 Å². The second-order valence-electron chi connectivity index (χ2n) is 3.88. The SMILES string of the molecule is N#Cc1ccc(NC(=O)CCSc2cnccn2)cc1. The number of hydrogen-bond acceptors (Lipinski definition) is 5. The standard InChI is InChI=1S/C14H12N4OS/c15-9-11-1-3-12(4-2-11)18-13(19)5-8-20-14-10-16-6-7-17-14/h1-4,6-7,10H,5,8H2,(H,18,19). The average molecular weight is 284 g/mol. The summed E-state index contributed by atoms with van der Waals surface area (Å²) in [6, 6.07) is 8.80. The van der Waals surface area contributed by atoms with Crippen LogP contribution in [-0.4, -0.2) is 21.6 Å². The topological polar surface area (TPSA) is 78.7 Å². The fourth-order valence-corrected chi connectivity index (χ4v) is 2.23. The van der Waals surface area contributed by atoms with E-state index in [2.05, 4.69) is 15.3 Å². The Kier molecular flexibility index (Phi) is 5.09. The molecule has 6 heteroatoms. The number of nitrogens with zero attached hydrogens (tertiary/aromatic N) is 3. The van der Waals surface area contributed by atoms with E-state index in [4.69, 9.17) is 5.26 Å². The van der Waals surface area contributed by atoms with Gasteiger partial charge in [0, 0.05) is 30.3 Å². The van der Waals surface area contributed by atoms with Gasteiger partial charge in [-0.05, 0) is 24.3 Å². The van der Waals surface area contributed by atoms with E-state index >= 15 is 0 Å². The number of amides is 1. The molecule has 0 aliphatic heterocycles. The fraction of sp³-hybridized carbons (Fsp3) is 0.143. The summed E-state index contributed by atoms with van der Waals surface area (Å²) >= 11 is 1.49. The number of nitrogens with one attached hydrogen (secondary N) is 1. The molecule has 1 amide bonds. The molecule has 0 spiro atoms. The van der Waals surface area contributed by atoms with Crippen LogP contribution in [-0.2, 0) is 4.79 Å². The second kappa shape index (κ2) is 7.26. The number of aromatic nitrogens is 2. The minimum Gasteiger partial charge on any atom is -0.326 e. The van der Waals surface area contributed by atoms with Gasteiger partial charge in [0.25, 0.3) is 0 Å². The highest BCUT2D eigenvalue weighted by molar-refractivity contribution is 7.99. The molecule has 0 bridgehead atoms. The van der Waals surface area contributed by atoms with Crippen molar-refractivity contribution in [1.29, 1.82) is 5.26 Å². The molecule has 100 valence electrons. The number of hydrogen-bond donors (Lipinski definition) is 1. The van der Waals surface area contributed by atoms with Crippen LogP contribution in [0.4, 0.5) is 5.69 Å². The maximum atomic E-state index is 11.7. The molecule has 0 saturated heterocycles. The zero-order valence-corrected chi connectivity index (χ0v) is 11.4. The van der Waals surface area contributed by atoms with Gasteiger partial charge in [0.1, 0.15) is 5.03 Å². The van der Waals surface area contributed by atoms with Gasteiger partial charge < -0.3 is 5.32 Å². The Bertz CT molecular complexity index is 607. The Balaban J connectivity index is 1.76. The van der Waals surface area contributed by atoms with Crippen molar-refractivity contribution in [2.24, 2.45) is 0 Å². The van der Waals surface area contributed by atoms with E-state index in [0.717, 1.165) is 5.03 Å². The van der Waals surface area contributed by atoms with E-state index in [-0.39, 0.29) is 5.91 Å². The molecule has 0 radical (unpaired) electrons. The summed E-state index contributed by atoms with van der Waals surface area (Å²) in [6.45, 7) is 0. The quantitative estimate of drug-likeness (QED) is 0.853. The van der Waals surface area contributed by atoms with Gasteiger partial charge in [-0.15, -0.1) is 11.8 Å². The average Bonchev–Trinajstić information content (AvgIpc) is 2.49. The molecule has 1 aromatic heterocycles. The number of thioether (sulfide) groups is 1. The van der Waals surface area contributed by atoms with Gasteiger partial charge in [0.05, 0.1) is 17.8 Å². The van der Waals surface area contributed by atoms with Gasteiger partial charge in [0.2, 0.25) is 5.91 Å². The third kappa shape index (κ3) is 4.37. The Morgan fingerprint density at radius 1 is 1.30 bits per heavy atom. The number of carbonyl (C=O) groups excluding carboxylic acids is 1. The normalized spacial score (nSPS) is 9.75. The van der Waals surface area contributed by atoms with Crippen molar-refractivity contribution < 1.29 is 4.79 Å². The molecule has 5 nitrogen and oxygen atoms in total. The summed E-state index contributed by atoms with van der Waals surface area (Å²) < 4.78 is 0. The third-order valence-corrected chi connectivity index (χ3v) is 3.33. The molecule has 0 aliphatic carbocycles. The fourth-order valence-electron chi connectivity index (χ4n) is 1.46. The van der Waals surface area contributed by atoms with Crippen LogP contribution in [0.3, 0.4) is 0 Å². The van der Waals surface area contributed by atoms with Gasteiger partial charge in [-0.2, -0.15) is 5.26 Å². The molecule has 0 unspecified atom stereocenters. The van der Waals surface area contributed by atoms with Crippen LogP contribution >= 0.6 is 11.8 Å². The summed E-state index contributed by atoms with van der Waals surface area (Å²) in [5.74, 6) is 0.576. The largest absolute Gasteiger partial charge is 0.326 e. The summed E-state index contributed by atoms with van der Waals surface area (Å²) in [5.41, 5.74) is 1.26. The first kappa shape index (κ1) is 14.0. The number of carbonyl (C=O) groups is 1. The summed E-state index contributed by atoms with van der Waals surface area (Å²) in [5, 5.41) is 12.3. The zero-order valence-electron chi connectivity index (χ0n) is 10.6. The number of rotatable bonds is 5. The van der Waals surface area contributed by atoms with E-state index < -0.39 is 0 Å². The molecule has 2 aromatic rings. The van der Waals surface area contributed by atoms with Gasteiger partial charge in [-0.1, -0.05) is 0 Å². The second-order valence-corrected chi connectivity index (χ2v) is 4.99. The lowest BCUT2D eigenvalue weighted by molar-refractivity contribution is -0.115. The molecule has 0 aliphatic rings. The lowest BCUT2D eigenvalue weighted by Crippen LogP contribution is -2.12. The minimum absolute atomic E-state index is 0.0638. The number of nitriles is 1. The highest BCUT2D eigenvalue weighted by Gasteiger charge is 2.03. The summed E-state index contributed by atoms with van der Waals surface area (Å²) in [7, 11) is 0. The first-order valence-corrected chi connectivity index (χ1v) is 6.95. The lowest BCUT2D eigenvalue weighted by Gasteiger charge is -2.04. The van der Waals surface area contributed by atoms with Crippen LogP contribution in [0, 0.1) is 11.3 Å². The molecule has 1 aromatic carbocycles. The molecular weight excluding hydrogens is 272 g/mol. The Morgan fingerprint density at radius 2 is 2.10 bits per heavy atom. The Morgan fingerprint density at radius 3 is 2.75 bits per heavy atom. The predicted molar refractivity (Wildman–Crippen MR) is 77.2 cm³/mol. The molecule has 1 N–H and O–H groups in total. The molecule has 2 rings (SSSR count). The van der Waals surface area contributed by atoms with Crippen molar-refractivity contribution >= 4 is 23.4 Å². The van der Waals surface area contributed by atoms with E-state index in [1.54, 1.807) is 42.9 Å². The lowest BCUT2D eigenvalue weighted by atomic mass is 10.2. The van der Waals surface area contributed by atoms with Crippen molar-refractivity contribution in [2.75, 3.05) is 11.1 Å². The van der Waals surface area contributed by atoms with Gasteiger partial charge >= 0.3 is 0 Å². The van der Waals surface area contributed by atoms with E-state index in [9.17, 15) is 4.79 Å². The monoisotopic (exact) mass is 284 g/mol. The summed E-state index contributed by atoms with van der Waals surface area (Å²) in [6.07, 6.45) is 5.30. The van der Waals surface area contributed by atoms with Crippen molar-refractivity contribution in [3.8, 4) is 6.07 Å². The number of benzene rings is 1. The van der Waals surface area contributed by atoms with Crippen molar-refractivity contribution in [3.63, 3.8) is 0 Å². The van der Waals surface area contributed by atoms with Crippen molar-refractivity contribution in [2.45, 2.75) is 11.4 Å². The third-order valence-electron chi connectivity index (χ3n) is 2.42. The van der Waals surface area contributed by atoms with E-state index in [1.807, 2.05) is 6.07 Å². The Labute approximate surface area is 121 Å². The van der Waals surface area contributed by atoms with Crippen LogP contribution in [0.25, 0.3) is 0 Å². The maximum Gasteiger partial charge on any atom is 0.225 e. The van der Waals surface area contributed by atoms with Crippen LogP contribution in [0.5, 0.6) is 0 Å². The molecular formula is C14H12N4OS. The highest BCUT2D eigenvalue weighted by atomic mass is 32.2.